The van der Waals surface area contributed by atoms with Gasteiger partial charge in [0, 0.05) is 23.0 Å². The molecule has 0 saturated heterocycles. The summed E-state index contributed by atoms with van der Waals surface area (Å²) in [6, 6.07) is 15.9. The fourth-order valence-corrected chi connectivity index (χ4v) is 4.38. The van der Waals surface area contributed by atoms with Crippen LogP contribution in [0.1, 0.15) is 48.6 Å². The van der Waals surface area contributed by atoms with E-state index >= 15 is 0 Å². The maximum absolute atomic E-state index is 13.7. The molecular weight excluding hydrogens is 453 g/mol. The number of rotatable bonds is 9. The standard InChI is InChI=1S/C27H28FNO4S/c1-16-14-20(28)10-11-21(16)24(19-8-6-5-7-9-19)18(3)33-27(31)17(2)15-23(34)25-26(30)22(32-4)12-13-29-25/h5-14,17-18,24,30H,15H2,1-4H3/t17-,18+,24+/m1/s1. The molecule has 3 rings (SSSR count). The molecule has 0 fully saturated rings. The van der Waals surface area contributed by atoms with Crippen LogP contribution in [0.3, 0.4) is 0 Å². The molecule has 0 aliphatic rings. The van der Waals surface area contributed by atoms with Crippen LogP contribution in [0, 0.1) is 18.7 Å². The predicted octanol–water partition coefficient (Wildman–Crippen LogP) is 5.75. The molecule has 0 saturated carbocycles. The highest BCUT2D eigenvalue weighted by molar-refractivity contribution is 7.80. The van der Waals surface area contributed by atoms with Crippen molar-refractivity contribution in [2.24, 2.45) is 5.92 Å². The third-order valence-electron chi connectivity index (χ3n) is 5.76. The van der Waals surface area contributed by atoms with Crippen molar-refractivity contribution in [3.8, 4) is 11.5 Å². The second-order valence-electron chi connectivity index (χ2n) is 8.27. The average Bonchev–Trinajstić information content (AvgIpc) is 2.81. The Balaban J connectivity index is 1.78. The maximum atomic E-state index is 13.7. The number of carbonyl (C=O) groups is 1. The molecule has 3 aromatic rings. The molecule has 178 valence electrons. The first-order chi connectivity index (χ1) is 16.2. The Bertz CT molecular complexity index is 1170. The average molecular weight is 482 g/mol. The third kappa shape index (κ3) is 5.78. The molecule has 5 nitrogen and oxygen atoms in total. The minimum atomic E-state index is -0.562. The molecule has 0 aliphatic carbocycles. The lowest BCUT2D eigenvalue weighted by Gasteiger charge is -2.27. The van der Waals surface area contributed by atoms with Gasteiger partial charge < -0.3 is 14.6 Å². The Morgan fingerprint density at radius 2 is 1.85 bits per heavy atom. The van der Waals surface area contributed by atoms with Gasteiger partial charge >= 0.3 is 5.97 Å². The van der Waals surface area contributed by atoms with Crippen molar-refractivity contribution in [1.82, 2.24) is 4.98 Å². The zero-order chi connectivity index (χ0) is 24.8. The Labute approximate surface area is 204 Å². The minimum Gasteiger partial charge on any atom is -0.503 e. The second-order valence-corrected chi connectivity index (χ2v) is 8.76. The number of aromatic hydroxyl groups is 1. The molecule has 3 atom stereocenters. The van der Waals surface area contributed by atoms with Crippen molar-refractivity contribution in [3.05, 3.63) is 89.0 Å². The highest BCUT2D eigenvalue weighted by Crippen LogP contribution is 2.33. The largest absolute Gasteiger partial charge is 0.503 e. The summed E-state index contributed by atoms with van der Waals surface area (Å²) in [6.45, 7) is 5.40. The van der Waals surface area contributed by atoms with Gasteiger partial charge in [-0.3, -0.25) is 9.78 Å². The number of carbonyl (C=O) groups excluding carboxylic acids is 1. The summed E-state index contributed by atoms with van der Waals surface area (Å²) in [5, 5.41) is 10.3. The maximum Gasteiger partial charge on any atom is 0.309 e. The summed E-state index contributed by atoms with van der Waals surface area (Å²) in [5.74, 6) is -1.45. The van der Waals surface area contributed by atoms with Gasteiger partial charge in [0.1, 0.15) is 17.6 Å². The van der Waals surface area contributed by atoms with Gasteiger partial charge in [0.2, 0.25) is 0 Å². The fraction of sp³-hybridized carbons (Fsp3) is 0.296. The molecule has 0 bridgehead atoms. The molecule has 0 unspecified atom stereocenters. The molecule has 0 aliphatic heterocycles. The van der Waals surface area contributed by atoms with Crippen LogP contribution in [0.4, 0.5) is 4.39 Å². The van der Waals surface area contributed by atoms with E-state index in [0.29, 0.717) is 4.86 Å². The van der Waals surface area contributed by atoms with Crippen LogP contribution in [0.2, 0.25) is 0 Å². The molecule has 0 radical (unpaired) electrons. The molecular formula is C27H28FNO4S. The number of aryl methyl sites for hydroxylation is 1. The number of aromatic nitrogens is 1. The molecule has 2 aromatic carbocycles. The van der Waals surface area contributed by atoms with Crippen molar-refractivity contribution in [2.45, 2.75) is 39.2 Å². The Hall–Kier alpha value is -3.32. The van der Waals surface area contributed by atoms with Gasteiger partial charge in [-0.05, 0) is 49.1 Å². The Morgan fingerprint density at radius 1 is 1.15 bits per heavy atom. The number of methoxy groups -OCH3 is 1. The van der Waals surface area contributed by atoms with Crippen molar-refractivity contribution in [1.29, 1.82) is 0 Å². The van der Waals surface area contributed by atoms with Crippen molar-refractivity contribution >= 4 is 23.1 Å². The lowest BCUT2D eigenvalue weighted by Crippen LogP contribution is -2.28. The van der Waals surface area contributed by atoms with Gasteiger partial charge in [0.15, 0.2) is 11.5 Å². The predicted molar refractivity (Wildman–Crippen MR) is 133 cm³/mol. The van der Waals surface area contributed by atoms with E-state index in [9.17, 15) is 14.3 Å². The van der Waals surface area contributed by atoms with E-state index in [1.807, 2.05) is 44.2 Å². The van der Waals surface area contributed by atoms with Crippen molar-refractivity contribution in [2.75, 3.05) is 7.11 Å². The monoisotopic (exact) mass is 481 g/mol. The summed E-state index contributed by atoms with van der Waals surface area (Å²) < 4.78 is 24.7. The molecule has 0 spiro atoms. The molecule has 0 amide bonds. The number of esters is 1. The number of ether oxygens (including phenoxy) is 2. The molecule has 1 aromatic heterocycles. The van der Waals surface area contributed by atoms with Crippen LogP contribution in [0.5, 0.6) is 11.5 Å². The normalized spacial score (nSPS) is 13.6. The van der Waals surface area contributed by atoms with Crippen LogP contribution in [-0.4, -0.2) is 34.1 Å². The van der Waals surface area contributed by atoms with E-state index in [2.05, 4.69) is 4.98 Å². The molecule has 34 heavy (non-hydrogen) atoms. The van der Waals surface area contributed by atoms with Gasteiger partial charge in [-0.1, -0.05) is 55.5 Å². The van der Waals surface area contributed by atoms with Gasteiger partial charge in [-0.15, -0.1) is 0 Å². The van der Waals surface area contributed by atoms with Crippen LogP contribution in [0.15, 0.2) is 60.8 Å². The molecule has 1 N–H and O–H groups in total. The fourth-order valence-electron chi connectivity index (χ4n) is 3.98. The molecule has 1 heterocycles. The summed E-state index contributed by atoms with van der Waals surface area (Å²) in [5.41, 5.74) is 2.85. The number of pyridine rings is 1. The Morgan fingerprint density at radius 3 is 2.50 bits per heavy atom. The van der Waals surface area contributed by atoms with Gasteiger partial charge in [-0.25, -0.2) is 4.39 Å². The number of hydrogen-bond acceptors (Lipinski definition) is 6. The quantitative estimate of drug-likeness (QED) is 0.238. The van der Waals surface area contributed by atoms with E-state index in [0.717, 1.165) is 16.7 Å². The number of benzene rings is 2. The van der Waals surface area contributed by atoms with Crippen LogP contribution in [0.25, 0.3) is 0 Å². The second kappa shape index (κ2) is 11.2. The zero-order valence-electron chi connectivity index (χ0n) is 19.6. The van der Waals surface area contributed by atoms with Gasteiger partial charge in [0.25, 0.3) is 0 Å². The highest BCUT2D eigenvalue weighted by atomic mass is 32.1. The van der Waals surface area contributed by atoms with E-state index in [4.69, 9.17) is 21.7 Å². The number of halogens is 1. The van der Waals surface area contributed by atoms with Crippen molar-refractivity contribution in [3.63, 3.8) is 0 Å². The minimum absolute atomic E-state index is 0.153. The van der Waals surface area contributed by atoms with Gasteiger partial charge in [0.05, 0.1) is 13.0 Å². The topological polar surface area (TPSA) is 68.7 Å². The SMILES string of the molecule is COc1ccnc(C(=S)C[C@@H](C)C(=O)O[C@@H](C)[C@@H](c2ccccc2)c2ccc(F)cc2C)c1O. The van der Waals surface area contributed by atoms with E-state index < -0.39 is 18.0 Å². The summed E-state index contributed by atoms with van der Waals surface area (Å²) >= 11 is 5.44. The number of nitrogens with zero attached hydrogens (tertiary/aromatic N) is 1. The summed E-state index contributed by atoms with van der Waals surface area (Å²) in [7, 11) is 1.44. The van der Waals surface area contributed by atoms with Crippen molar-refractivity contribution < 1.29 is 23.8 Å². The third-order valence-corrected chi connectivity index (χ3v) is 6.12. The first kappa shape index (κ1) is 25.3. The Kier molecular flexibility index (Phi) is 8.34. The lowest BCUT2D eigenvalue weighted by molar-refractivity contribution is -0.153. The molecule has 7 heteroatoms. The zero-order valence-corrected chi connectivity index (χ0v) is 20.4. The van der Waals surface area contributed by atoms with E-state index in [1.165, 1.54) is 31.5 Å². The smallest absolute Gasteiger partial charge is 0.309 e. The summed E-state index contributed by atoms with van der Waals surface area (Å²) in [4.78, 5) is 17.5. The van der Waals surface area contributed by atoms with Crippen LogP contribution >= 0.6 is 12.2 Å². The van der Waals surface area contributed by atoms with Gasteiger partial charge in [-0.2, -0.15) is 0 Å². The van der Waals surface area contributed by atoms with Crippen LogP contribution in [-0.2, 0) is 9.53 Å². The van der Waals surface area contributed by atoms with E-state index in [1.54, 1.807) is 13.0 Å². The number of thiocarbonyl (C=S) groups is 1. The van der Waals surface area contributed by atoms with Crippen LogP contribution < -0.4 is 4.74 Å². The first-order valence-corrected chi connectivity index (χ1v) is 11.4. The lowest BCUT2D eigenvalue weighted by atomic mass is 9.84. The first-order valence-electron chi connectivity index (χ1n) is 11.0. The highest BCUT2D eigenvalue weighted by Gasteiger charge is 2.29. The van der Waals surface area contributed by atoms with E-state index in [-0.39, 0.29) is 35.3 Å². The number of hydrogen-bond donors (Lipinski definition) is 1. The summed E-state index contributed by atoms with van der Waals surface area (Å²) in [6.07, 6.45) is 1.15.